The topological polar surface area (TPSA) is 79.4 Å². The summed E-state index contributed by atoms with van der Waals surface area (Å²) in [6.45, 7) is 2.30. The average Bonchev–Trinajstić information content (AvgIpc) is 2.69. The number of sulfonamides is 1. The molecule has 3 rings (SSSR count). The van der Waals surface area contributed by atoms with E-state index in [1.54, 1.807) is 12.3 Å². The number of pyridine rings is 1. The number of carbonyl (C=O) groups is 1. The summed E-state index contributed by atoms with van der Waals surface area (Å²) in [6, 6.07) is 9.96. The van der Waals surface area contributed by atoms with Gasteiger partial charge in [0.05, 0.1) is 22.5 Å². The molecular weight excluding hydrogens is 369 g/mol. The number of rotatable bonds is 5. The van der Waals surface area contributed by atoms with Crippen molar-refractivity contribution in [2.45, 2.75) is 30.7 Å². The summed E-state index contributed by atoms with van der Waals surface area (Å²) in [6.07, 6.45) is 2.88. The lowest BCUT2D eigenvalue weighted by Crippen LogP contribution is -2.45. The van der Waals surface area contributed by atoms with Crippen LogP contribution in [0.4, 0.5) is 4.39 Å². The molecular formula is C19H22FN3O3S. The fourth-order valence-corrected chi connectivity index (χ4v) is 4.69. The molecule has 27 heavy (non-hydrogen) atoms. The molecule has 8 heteroatoms. The van der Waals surface area contributed by atoms with Crippen molar-refractivity contribution in [3.63, 3.8) is 0 Å². The molecule has 1 aliphatic heterocycles. The minimum atomic E-state index is -3.75. The van der Waals surface area contributed by atoms with Gasteiger partial charge in [-0.3, -0.25) is 9.78 Å². The first-order valence-electron chi connectivity index (χ1n) is 8.85. The Morgan fingerprint density at radius 1 is 1.26 bits per heavy atom. The first-order valence-corrected chi connectivity index (χ1v) is 10.3. The Morgan fingerprint density at radius 2 is 2.00 bits per heavy atom. The quantitative estimate of drug-likeness (QED) is 0.849. The lowest BCUT2D eigenvalue weighted by Gasteiger charge is -2.31. The summed E-state index contributed by atoms with van der Waals surface area (Å²) in [7, 11) is -3.75. The van der Waals surface area contributed by atoms with Gasteiger partial charge < -0.3 is 5.32 Å². The van der Waals surface area contributed by atoms with Gasteiger partial charge in [-0.25, -0.2) is 12.8 Å². The monoisotopic (exact) mass is 391 g/mol. The minimum absolute atomic E-state index is 0.0341. The number of hydrogen-bond donors (Lipinski definition) is 1. The second-order valence-corrected chi connectivity index (χ2v) is 8.58. The van der Waals surface area contributed by atoms with Crippen molar-refractivity contribution in [2.24, 2.45) is 5.92 Å². The summed E-state index contributed by atoms with van der Waals surface area (Å²) >= 11 is 0. The molecule has 144 valence electrons. The van der Waals surface area contributed by atoms with Crippen LogP contribution in [0.3, 0.4) is 0 Å². The molecule has 6 nitrogen and oxygen atoms in total. The van der Waals surface area contributed by atoms with Crippen LogP contribution in [0.25, 0.3) is 0 Å². The van der Waals surface area contributed by atoms with Gasteiger partial charge in [0.2, 0.25) is 15.9 Å². The highest BCUT2D eigenvalue weighted by molar-refractivity contribution is 7.89. The van der Waals surface area contributed by atoms with Gasteiger partial charge in [-0.1, -0.05) is 6.07 Å². The third kappa shape index (κ3) is 4.51. The van der Waals surface area contributed by atoms with Crippen LogP contribution >= 0.6 is 0 Å². The Morgan fingerprint density at radius 3 is 2.67 bits per heavy atom. The maximum absolute atomic E-state index is 13.1. The van der Waals surface area contributed by atoms with Crippen LogP contribution in [-0.2, 0) is 14.8 Å². The number of carbonyl (C=O) groups excluding carboxylic acids is 1. The van der Waals surface area contributed by atoms with E-state index in [0.29, 0.717) is 19.4 Å². The average molecular weight is 391 g/mol. The molecule has 0 radical (unpaired) electrons. The molecule has 1 N–H and O–H groups in total. The normalized spacial score (nSPS) is 19.4. The SMILES string of the molecule is C[C@@H](NC(=O)[C@@H]1CCCN(S(=O)(=O)c2ccc(F)cc2)C1)c1ccccn1. The lowest BCUT2D eigenvalue weighted by molar-refractivity contribution is -0.126. The van der Waals surface area contributed by atoms with E-state index in [1.807, 2.05) is 19.1 Å². The van der Waals surface area contributed by atoms with Crippen LogP contribution in [0.1, 0.15) is 31.5 Å². The third-order valence-corrected chi connectivity index (χ3v) is 6.58. The predicted octanol–water partition coefficient (Wildman–Crippen LogP) is 2.50. The smallest absolute Gasteiger partial charge is 0.243 e. The van der Waals surface area contributed by atoms with Gasteiger partial charge in [-0.05, 0) is 56.2 Å². The molecule has 2 heterocycles. The van der Waals surface area contributed by atoms with Crippen molar-refractivity contribution in [1.82, 2.24) is 14.6 Å². The van der Waals surface area contributed by atoms with E-state index >= 15 is 0 Å². The summed E-state index contributed by atoms with van der Waals surface area (Å²) in [5, 5.41) is 2.91. The van der Waals surface area contributed by atoms with E-state index in [0.717, 1.165) is 17.8 Å². The number of nitrogens with one attached hydrogen (secondary N) is 1. The standard InChI is InChI=1S/C19H22FN3O3S/c1-14(18-6-2-3-11-21-18)22-19(24)15-5-4-12-23(13-15)27(25,26)17-9-7-16(20)8-10-17/h2-3,6-11,14-15H,4-5,12-13H2,1H3,(H,22,24)/t14-,15-/m1/s1. The summed E-state index contributed by atoms with van der Waals surface area (Å²) < 4.78 is 39.9. The van der Waals surface area contributed by atoms with Gasteiger partial charge in [-0.2, -0.15) is 4.31 Å². The fourth-order valence-electron chi connectivity index (χ4n) is 3.17. The highest BCUT2D eigenvalue weighted by Gasteiger charge is 2.33. The van der Waals surface area contributed by atoms with Crippen LogP contribution in [0.15, 0.2) is 53.6 Å². The fraction of sp³-hybridized carbons (Fsp3) is 0.368. The number of aromatic nitrogens is 1. The Bertz CT molecular complexity index is 888. The number of benzene rings is 1. The zero-order valence-electron chi connectivity index (χ0n) is 15.0. The number of nitrogens with zero attached hydrogens (tertiary/aromatic N) is 2. The van der Waals surface area contributed by atoms with Gasteiger partial charge >= 0.3 is 0 Å². The molecule has 1 saturated heterocycles. The van der Waals surface area contributed by atoms with Crippen molar-refractivity contribution in [3.05, 3.63) is 60.2 Å². The zero-order chi connectivity index (χ0) is 19.4. The summed E-state index contributed by atoms with van der Waals surface area (Å²) in [5.41, 5.74) is 0.748. The molecule has 1 amide bonds. The molecule has 0 saturated carbocycles. The highest BCUT2D eigenvalue weighted by Crippen LogP contribution is 2.24. The van der Waals surface area contributed by atoms with Crippen LogP contribution in [0.5, 0.6) is 0 Å². The second-order valence-electron chi connectivity index (χ2n) is 6.64. The van der Waals surface area contributed by atoms with Crippen molar-refractivity contribution in [3.8, 4) is 0 Å². The Balaban J connectivity index is 1.68. The summed E-state index contributed by atoms with van der Waals surface area (Å²) in [4.78, 5) is 16.9. The molecule has 0 aliphatic carbocycles. The van der Waals surface area contributed by atoms with E-state index in [9.17, 15) is 17.6 Å². The molecule has 1 aromatic carbocycles. The second kappa shape index (κ2) is 8.14. The van der Waals surface area contributed by atoms with E-state index in [4.69, 9.17) is 0 Å². The molecule has 0 spiro atoms. The molecule has 0 bridgehead atoms. The maximum atomic E-state index is 13.1. The predicted molar refractivity (Wildman–Crippen MR) is 98.7 cm³/mol. The van der Waals surface area contributed by atoms with Crippen molar-refractivity contribution >= 4 is 15.9 Å². The molecule has 0 unspecified atom stereocenters. The third-order valence-electron chi connectivity index (χ3n) is 4.70. The van der Waals surface area contributed by atoms with E-state index in [-0.39, 0.29) is 23.4 Å². The van der Waals surface area contributed by atoms with Gasteiger partial charge in [-0.15, -0.1) is 0 Å². The minimum Gasteiger partial charge on any atom is -0.348 e. The van der Waals surface area contributed by atoms with Gasteiger partial charge in [0.25, 0.3) is 0 Å². The van der Waals surface area contributed by atoms with E-state index < -0.39 is 21.8 Å². The van der Waals surface area contributed by atoms with Crippen molar-refractivity contribution in [1.29, 1.82) is 0 Å². The first-order chi connectivity index (χ1) is 12.9. The number of hydrogen-bond acceptors (Lipinski definition) is 4. The largest absolute Gasteiger partial charge is 0.348 e. The van der Waals surface area contributed by atoms with Gasteiger partial charge in [0.1, 0.15) is 5.82 Å². The number of piperidine rings is 1. The molecule has 2 atom stereocenters. The van der Waals surface area contributed by atoms with Crippen molar-refractivity contribution in [2.75, 3.05) is 13.1 Å². The molecule has 1 aliphatic rings. The van der Waals surface area contributed by atoms with E-state index in [2.05, 4.69) is 10.3 Å². The van der Waals surface area contributed by atoms with Crippen LogP contribution in [0, 0.1) is 11.7 Å². The lowest BCUT2D eigenvalue weighted by atomic mass is 9.98. The Hall–Kier alpha value is -2.32. The molecule has 1 aromatic heterocycles. The molecule has 2 aromatic rings. The number of amides is 1. The van der Waals surface area contributed by atoms with Crippen molar-refractivity contribution < 1.29 is 17.6 Å². The van der Waals surface area contributed by atoms with Crippen LogP contribution in [-0.4, -0.2) is 36.7 Å². The molecule has 1 fully saturated rings. The maximum Gasteiger partial charge on any atom is 0.243 e. The number of halogens is 1. The summed E-state index contributed by atoms with van der Waals surface area (Å²) in [5.74, 6) is -1.11. The first kappa shape index (κ1) is 19.4. The Labute approximate surface area is 158 Å². The Kier molecular flexibility index (Phi) is 5.86. The van der Waals surface area contributed by atoms with Gasteiger partial charge in [0, 0.05) is 19.3 Å². The van der Waals surface area contributed by atoms with Crippen LogP contribution < -0.4 is 5.32 Å². The van der Waals surface area contributed by atoms with Gasteiger partial charge in [0.15, 0.2) is 0 Å². The zero-order valence-corrected chi connectivity index (χ0v) is 15.8. The highest BCUT2D eigenvalue weighted by atomic mass is 32.2. The van der Waals surface area contributed by atoms with Crippen LogP contribution in [0.2, 0.25) is 0 Å². The van der Waals surface area contributed by atoms with E-state index in [1.165, 1.54) is 16.4 Å².